The summed E-state index contributed by atoms with van der Waals surface area (Å²) in [5, 5.41) is 15.9. The first kappa shape index (κ1) is 21.9. The molecule has 2 N–H and O–H groups in total. The van der Waals surface area contributed by atoms with E-state index in [-0.39, 0.29) is 18.2 Å². The van der Waals surface area contributed by atoms with Gasteiger partial charge in [-0.1, -0.05) is 0 Å². The minimum atomic E-state index is -4.80. The molecule has 31 heavy (non-hydrogen) atoms. The van der Waals surface area contributed by atoms with Crippen LogP contribution in [0.25, 0.3) is 5.52 Å². The molecule has 0 radical (unpaired) electrons. The largest absolute Gasteiger partial charge is 0.573 e. The van der Waals surface area contributed by atoms with Crippen molar-refractivity contribution >= 4 is 23.2 Å². The number of anilines is 1. The summed E-state index contributed by atoms with van der Waals surface area (Å²) in [5.74, 6) is -1.50. The minimum absolute atomic E-state index is 0.0450. The highest BCUT2D eigenvalue weighted by atomic mass is 19.4. The van der Waals surface area contributed by atoms with Crippen LogP contribution < -0.4 is 10.1 Å². The number of aromatic carboxylic acids is 1. The van der Waals surface area contributed by atoms with Gasteiger partial charge in [-0.3, -0.25) is 0 Å². The lowest BCUT2D eigenvalue weighted by atomic mass is 10.1. The van der Waals surface area contributed by atoms with Gasteiger partial charge < -0.3 is 20.1 Å². The number of pyridine rings is 1. The Morgan fingerprint density at radius 2 is 1.90 bits per heavy atom. The van der Waals surface area contributed by atoms with Crippen LogP contribution in [0.2, 0.25) is 0 Å². The van der Waals surface area contributed by atoms with Gasteiger partial charge in [-0.05, 0) is 55.8 Å². The Kier molecular flexibility index (Phi) is 6.04. The molecule has 1 aromatic carbocycles. The number of halogens is 3. The molecule has 0 fully saturated rings. The third kappa shape index (κ3) is 5.44. The van der Waals surface area contributed by atoms with E-state index in [2.05, 4.69) is 15.2 Å². The van der Waals surface area contributed by atoms with Crippen molar-refractivity contribution in [2.75, 3.05) is 5.32 Å². The molecule has 0 aliphatic carbocycles. The topological polar surface area (TPSA) is 96.2 Å². The summed E-state index contributed by atoms with van der Waals surface area (Å²) in [5.41, 5.74) is 1.43. The molecule has 0 aliphatic heterocycles. The van der Waals surface area contributed by atoms with Crippen LogP contribution in [0.3, 0.4) is 0 Å². The van der Waals surface area contributed by atoms with Crippen LogP contribution in [0.15, 0.2) is 48.8 Å². The van der Waals surface area contributed by atoms with Gasteiger partial charge in [-0.15, -0.1) is 13.2 Å². The number of carboxylic acid groups (broad SMARTS) is 1. The Bertz CT molecular complexity index is 1090. The van der Waals surface area contributed by atoms with E-state index in [4.69, 9.17) is 0 Å². The van der Waals surface area contributed by atoms with E-state index < -0.39 is 24.1 Å². The summed E-state index contributed by atoms with van der Waals surface area (Å²) < 4.78 is 42.0. The second-order valence-corrected chi connectivity index (χ2v) is 6.95. The predicted molar refractivity (Wildman–Crippen MR) is 105 cm³/mol. The summed E-state index contributed by atoms with van der Waals surface area (Å²) in [6, 6.07) is 7.48. The second kappa shape index (κ2) is 8.54. The number of urea groups is 1. The van der Waals surface area contributed by atoms with Crippen molar-refractivity contribution in [1.29, 1.82) is 0 Å². The van der Waals surface area contributed by atoms with Gasteiger partial charge in [-0.2, -0.15) is 5.10 Å². The number of aromatic nitrogens is 2. The van der Waals surface area contributed by atoms with Crippen molar-refractivity contribution < 1.29 is 32.6 Å². The SMILES string of the molecule is CC(C)N(Cc1ccn2ncc(C(=O)O)c2c1)C(=O)Nc1ccc(OC(F)(F)F)cc1. The molecule has 3 rings (SSSR count). The van der Waals surface area contributed by atoms with E-state index in [1.807, 2.05) is 0 Å². The molecule has 2 heterocycles. The fourth-order valence-corrected chi connectivity index (χ4v) is 2.91. The van der Waals surface area contributed by atoms with Crippen molar-refractivity contribution in [3.05, 3.63) is 59.9 Å². The van der Waals surface area contributed by atoms with E-state index in [0.717, 1.165) is 12.1 Å². The van der Waals surface area contributed by atoms with Gasteiger partial charge in [0.25, 0.3) is 0 Å². The summed E-state index contributed by atoms with van der Waals surface area (Å²) in [6.07, 6.45) is -1.94. The van der Waals surface area contributed by atoms with Gasteiger partial charge in [0.05, 0.1) is 11.7 Å². The number of hydrogen-bond donors (Lipinski definition) is 2. The number of carbonyl (C=O) groups excluding carboxylic acids is 1. The fourth-order valence-electron chi connectivity index (χ4n) is 2.91. The monoisotopic (exact) mass is 436 g/mol. The van der Waals surface area contributed by atoms with E-state index in [1.54, 1.807) is 32.2 Å². The number of carbonyl (C=O) groups is 2. The smallest absolute Gasteiger partial charge is 0.478 e. The van der Waals surface area contributed by atoms with Crippen LogP contribution in [0, 0.1) is 0 Å². The van der Waals surface area contributed by atoms with Crippen molar-refractivity contribution in [2.24, 2.45) is 0 Å². The minimum Gasteiger partial charge on any atom is -0.478 e. The Morgan fingerprint density at radius 1 is 1.23 bits per heavy atom. The van der Waals surface area contributed by atoms with Gasteiger partial charge in [0.1, 0.15) is 11.3 Å². The molecule has 0 saturated carbocycles. The van der Waals surface area contributed by atoms with Crippen LogP contribution in [-0.4, -0.2) is 44.0 Å². The standard InChI is InChI=1S/C20H19F3N4O4/c1-12(2)26(11-13-7-8-27-17(9-13)16(10-24-27)18(28)29)19(30)25-14-3-5-15(6-4-14)31-20(21,22)23/h3-10,12H,11H2,1-2H3,(H,25,30)(H,28,29). The molecule has 3 aromatic rings. The van der Waals surface area contributed by atoms with Gasteiger partial charge in [0, 0.05) is 24.5 Å². The normalized spacial score (nSPS) is 11.5. The summed E-state index contributed by atoms with van der Waals surface area (Å²) in [7, 11) is 0. The lowest BCUT2D eigenvalue weighted by Crippen LogP contribution is -2.39. The Hall–Kier alpha value is -3.76. The van der Waals surface area contributed by atoms with Crippen molar-refractivity contribution in [3.63, 3.8) is 0 Å². The van der Waals surface area contributed by atoms with E-state index >= 15 is 0 Å². The first-order valence-electron chi connectivity index (χ1n) is 9.16. The van der Waals surface area contributed by atoms with Crippen LogP contribution >= 0.6 is 0 Å². The zero-order chi connectivity index (χ0) is 22.8. The zero-order valence-corrected chi connectivity index (χ0v) is 16.6. The lowest BCUT2D eigenvalue weighted by molar-refractivity contribution is -0.274. The summed E-state index contributed by atoms with van der Waals surface area (Å²) >= 11 is 0. The number of carboxylic acids is 1. The molecule has 0 aliphatic rings. The molecule has 11 heteroatoms. The zero-order valence-electron chi connectivity index (χ0n) is 16.6. The molecular formula is C20H19F3N4O4. The van der Waals surface area contributed by atoms with Crippen molar-refractivity contribution in [2.45, 2.75) is 32.8 Å². The number of nitrogens with zero attached hydrogens (tertiary/aromatic N) is 3. The maximum absolute atomic E-state index is 12.8. The summed E-state index contributed by atoms with van der Waals surface area (Å²) in [6.45, 7) is 3.79. The highest BCUT2D eigenvalue weighted by Crippen LogP contribution is 2.24. The van der Waals surface area contributed by atoms with Crippen LogP contribution in [0.1, 0.15) is 29.8 Å². The Labute approximate surface area is 174 Å². The average molecular weight is 436 g/mol. The van der Waals surface area contributed by atoms with E-state index in [9.17, 15) is 27.9 Å². The molecule has 8 nitrogen and oxygen atoms in total. The number of benzene rings is 1. The van der Waals surface area contributed by atoms with E-state index in [1.165, 1.54) is 27.7 Å². The average Bonchev–Trinajstić information content (AvgIpc) is 3.09. The summed E-state index contributed by atoms with van der Waals surface area (Å²) in [4.78, 5) is 25.6. The van der Waals surface area contributed by atoms with Gasteiger partial charge in [-0.25, -0.2) is 14.1 Å². The highest BCUT2D eigenvalue weighted by molar-refractivity contribution is 5.95. The number of hydrogen-bond acceptors (Lipinski definition) is 4. The fraction of sp³-hybridized carbons (Fsp3) is 0.250. The number of fused-ring (bicyclic) bond motifs is 1. The molecule has 0 unspecified atom stereocenters. The number of amides is 2. The van der Waals surface area contributed by atoms with Crippen LogP contribution in [0.4, 0.5) is 23.7 Å². The second-order valence-electron chi connectivity index (χ2n) is 6.95. The molecule has 0 spiro atoms. The molecule has 2 amide bonds. The van der Waals surface area contributed by atoms with Gasteiger partial charge in [0.15, 0.2) is 0 Å². The third-order valence-corrected chi connectivity index (χ3v) is 4.39. The maximum Gasteiger partial charge on any atom is 0.573 e. The lowest BCUT2D eigenvalue weighted by Gasteiger charge is -2.27. The predicted octanol–water partition coefficient (Wildman–Crippen LogP) is 4.37. The van der Waals surface area contributed by atoms with Crippen molar-refractivity contribution in [1.82, 2.24) is 14.5 Å². The number of ether oxygens (including phenoxy) is 1. The van der Waals surface area contributed by atoms with E-state index in [0.29, 0.717) is 16.8 Å². The Balaban J connectivity index is 1.74. The molecular weight excluding hydrogens is 417 g/mol. The molecule has 0 saturated heterocycles. The number of alkyl halides is 3. The quantitative estimate of drug-likeness (QED) is 0.598. The molecule has 0 bridgehead atoms. The maximum atomic E-state index is 12.8. The molecule has 2 aromatic heterocycles. The van der Waals surface area contributed by atoms with Crippen LogP contribution in [-0.2, 0) is 6.54 Å². The van der Waals surface area contributed by atoms with Crippen LogP contribution in [0.5, 0.6) is 5.75 Å². The molecule has 0 atom stereocenters. The van der Waals surface area contributed by atoms with Crippen molar-refractivity contribution in [3.8, 4) is 5.75 Å². The van der Waals surface area contributed by atoms with Gasteiger partial charge in [0.2, 0.25) is 0 Å². The first-order valence-corrected chi connectivity index (χ1v) is 9.16. The highest BCUT2D eigenvalue weighted by Gasteiger charge is 2.31. The van der Waals surface area contributed by atoms with Gasteiger partial charge >= 0.3 is 18.4 Å². The Morgan fingerprint density at radius 3 is 2.48 bits per heavy atom. The third-order valence-electron chi connectivity index (χ3n) is 4.39. The number of nitrogens with one attached hydrogen (secondary N) is 1. The molecule has 164 valence electrons. The number of rotatable bonds is 6. The first-order chi connectivity index (χ1) is 14.5.